The van der Waals surface area contributed by atoms with Gasteiger partial charge in [0.1, 0.15) is 0 Å². The molecule has 0 aromatic heterocycles. The van der Waals surface area contributed by atoms with Crippen LogP contribution < -0.4 is 14.4 Å². The minimum atomic E-state index is -0.492. The van der Waals surface area contributed by atoms with E-state index in [-0.39, 0.29) is 11.3 Å². The lowest BCUT2D eigenvalue weighted by molar-refractivity contribution is 0.361. The highest BCUT2D eigenvalue weighted by molar-refractivity contribution is 5.98. The predicted octanol–water partition coefficient (Wildman–Crippen LogP) is 18.9. The van der Waals surface area contributed by atoms with E-state index < -0.39 is 5.41 Å². The highest BCUT2D eigenvalue weighted by atomic mass is 16.6. The Hall–Kier alpha value is -9.70. The van der Waals surface area contributed by atoms with E-state index in [0.29, 0.717) is 23.2 Å². The number of nitrogens with zero attached hydrogens (tertiary/aromatic N) is 1. The van der Waals surface area contributed by atoms with Crippen molar-refractivity contribution in [3.8, 4) is 78.6 Å². The number of allylic oxidation sites excluding steroid dienone is 4. The Morgan fingerprint density at radius 2 is 0.896 bits per heavy atom. The van der Waals surface area contributed by atoms with Gasteiger partial charge in [-0.1, -0.05) is 224 Å². The van der Waals surface area contributed by atoms with Crippen molar-refractivity contribution in [3.63, 3.8) is 0 Å². The van der Waals surface area contributed by atoms with Crippen molar-refractivity contribution in [1.82, 2.24) is 0 Å². The van der Waals surface area contributed by atoms with Gasteiger partial charge in [0.2, 0.25) is 0 Å². The second-order valence-electron chi connectivity index (χ2n) is 21.3. The molecule has 0 N–H and O–H groups in total. The molecule has 11 aromatic rings. The summed E-state index contributed by atoms with van der Waals surface area (Å²) in [6.07, 6.45) is 9.37. The first-order chi connectivity index (χ1) is 38.2. The highest BCUT2D eigenvalue weighted by Gasteiger charge is 2.57. The Labute approximate surface area is 447 Å². The van der Waals surface area contributed by atoms with Crippen molar-refractivity contribution in [1.29, 1.82) is 0 Å². The first-order valence-electron chi connectivity index (χ1n) is 26.9. The van der Waals surface area contributed by atoms with E-state index in [0.717, 1.165) is 50.6 Å². The molecule has 3 unspecified atom stereocenters. The van der Waals surface area contributed by atoms with Gasteiger partial charge in [-0.3, -0.25) is 0 Å². The molecule has 3 atom stereocenters. The van der Waals surface area contributed by atoms with Gasteiger partial charge < -0.3 is 14.4 Å². The predicted molar refractivity (Wildman–Crippen MR) is 311 cm³/mol. The first-order valence-corrected chi connectivity index (χ1v) is 26.9. The molecule has 1 aliphatic heterocycles. The number of hydrogen-bond donors (Lipinski definition) is 0. The Kier molecular flexibility index (Phi) is 8.81. The molecule has 0 fully saturated rings. The summed E-state index contributed by atoms with van der Waals surface area (Å²) in [5.41, 5.74) is 24.9. The molecule has 0 bridgehead atoms. The monoisotopic (exact) mass is 981 g/mol. The normalized spacial score (nSPS) is 18.1. The summed E-state index contributed by atoms with van der Waals surface area (Å²) in [5, 5.41) is 0. The van der Waals surface area contributed by atoms with Crippen molar-refractivity contribution in [2.45, 2.75) is 16.7 Å². The zero-order chi connectivity index (χ0) is 50.4. The fraction of sp³-hybridized carbons (Fsp3) is 0.0541. The van der Waals surface area contributed by atoms with Gasteiger partial charge in [-0.25, -0.2) is 0 Å². The molecule has 360 valence electrons. The lowest BCUT2D eigenvalue weighted by Gasteiger charge is -2.36. The van der Waals surface area contributed by atoms with Gasteiger partial charge in [0, 0.05) is 28.8 Å². The smallest absolute Gasteiger partial charge is 0.194 e. The highest BCUT2D eigenvalue weighted by Crippen LogP contribution is 2.68. The Morgan fingerprint density at radius 1 is 0.338 bits per heavy atom. The Morgan fingerprint density at radius 3 is 1.68 bits per heavy atom. The van der Waals surface area contributed by atoms with Crippen LogP contribution in [0.25, 0.3) is 55.6 Å². The van der Waals surface area contributed by atoms with E-state index in [1.54, 1.807) is 0 Å². The molecule has 0 radical (unpaired) electrons. The molecular formula is C74H47NO2. The summed E-state index contributed by atoms with van der Waals surface area (Å²) in [7, 11) is 0. The number of ether oxygens (including phenoxy) is 2. The van der Waals surface area contributed by atoms with Crippen molar-refractivity contribution >= 4 is 17.1 Å². The third-order valence-corrected chi connectivity index (χ3v) is 17.8. The zero-order valence-corrected chi connectivity index (χ0v) is 41.9. The fourth-order valence-electron chi connectivity index (χ4n) is 14.9. The minimum Gasteiger partial charge on any atom is -0.449 e. The number of hydrogen-bond acceptors (Lipinski definition) is 3. The molecule has 1 heterocycles. The summed E-state index contributed by atoms with van der Waals surface area (Å²) in [6, 6.07) is 91.4. The average molecular weight is 982 g/mol. The largest absolute Gasteiger partial charge is 0.449 e. The Balaban J connectivity index is 0.796. The Bertz CT molecular complexity index is 4330. The van der Waals surface area contributed by atoms with Gasteiger partial charge in [-0.15, -0.1) is 0 Å². The summed E-state index contributed by atoms with van der Waals surface area (Å²) < 4.78 is 14.6. The number of para-hydroxylation sites is 1. The van der Waals surface area contributed by atoms with Crippen molar-refractivity contribution in [2.24, 2.45) is 5.92 Å². The lowest BCUT2D eigenvalue weighted by Crippen LogP contribution is -2.32. The number of rotatable bonds is 5. The first kappa shape index (κ1) is 42.6. The van der Waals surface area contributed by atoms with Crippen LogP contribution >= 0.6 is 0 Å². The summed E-state index contributed by atoms with van der Waals surface area (Å²) >= 11 is 0. The fourth-order valence-corrected chi connectivity index (χ4v) is 14.9. The van der Waals surface area contributed by atoms with Crippen LogP contribution in [0, 0.1) is 5.92 Å². The van der Waals surface area contributed by atoms with Crippen LogP contribution in [-0.2, 0) is 10.8 Å². The van der Waals surface area contributed by atoms with Crippen molar-refractivity contribution in [2.75, 3.05) is 4.90 Å². The summed E-state index contributed by atoms with van der Waals surface area (Å²) in [4.78, 5) is 2.32. The average Bonchev–Trinajstić information content (AvgIpc) is 4.20. The quantitative estimate of drug-likeness (QED) is 0.172. The van der Waals surface area contributed by atoms with Crippen LogP contribution in [0.2, 0.25) is 0 Å². The summed E-state index contributed by atoms with van der Waals surface area (Å²) in [6.45, 7) is 0. The SMILES string of the molecule is C1=CC2c3ccccc3C3(c4ccccc4-c4ccc(-c5ccc(N(c6cccc(-c7ccccc7)c6)c6cccc7c6Oc6ccc8c(c6O7)-c6ccccc6C86c7ccccc7-c7ccccc76)cc5)cc43)C2C=C1. The van der Waals surface area contributed by atoms with Crippen LogP contribution in [-0.4, -0.2) is 0 Å². The van der Waals surface area contributed by atoms with Crippen molar-refractivity contribution in [3.05, 3.63) is 318 Å². The third-order valence-electron chi connectivity index (χ3n) is 17.8. The van der Waals surface area contributed by atoms with Gasteiger partial charge in [0.25, 0.3) is 0 Å². The third kappa shape index (κ3) is 5.65. The second kappa shape index (κ2) is 15.9. The molecular weight excluding hydrogens is 935 g/mol. The van der Waals surface area contributed by atoms with E-state index in [9.17, 15) is 0 Å². The second-order valence-corrected chi connectivity index (χ2v) is 21.3. The molecule has 5 aliphatic carbocycles. The lowest BCUT2D eigenvalue weighted by atomic mass is 9.65. The zero-order valence-electron chi connectivity index (χ0n) is 41.9. The summed E-state index contributed by atoms with van der Waals surface area (Å²) in [5.74, 6) is 3.35. The van der Waals surface area contributed by atoms with Crippen LogP contribution in [0.4, 0.5) is 17.1 Å². The number of benzene rings is 11. The maximum absolute atomic E-state index is 7.28. The molecule has 3 nitrogen and oxygen atoms in total. The van der Waals surface area contributed by atoms with E-state index in [1.807, 2.05) is 6.07 Å². The molecule has 17 rings (SSSR count). The molecule has 3 heteroatoms. The van der Waals surface area contributed by atoms with Gasteiger partial charge in [-0.2, -0.15) is 0 Å². The van der Waals surface area contributed by atoms with Gasteiger partial charge in [0.15, 0.2) is 23.0 Å². The van der Waals surface area contributed by atoms with Crippen LogP contribution in [0.3, 0.4) is 0 Å². The molecule has 0 saturated carbocycles. The maximum atomic E-state index is 7.28. The molecule has 11 aromatic carbocycles. The van der Waals surface area contributed by atoms with Crippen LogP contribution in [0.15, 0.2) is 273 Å². The van der Waals surface area contributed by atoms with Gasteiger partial charge in [0.05, 0.1) is 16.5 Å². The van der Waals surface area contributed by atoms with E-state index in [1.165, 1.54) is 72.3 Å². The van der Waals surface area contributed by atoms with Crippen molar-refractivity contribution < 1.29 is 9.47 Å². The molecule has 0 amide bonds. The van der Waals surface area contributed by atoms with Gasteiger partial charge >= 0.3 is 0 Å². The minimum absolute atomic E-state index is 0.274. The number of fused-ring (bicyclic) bond motifs is 23. The maximum Gasteiger partial charge on any atom is 0.194 e. The van der Waals surface area contributed by atoms with Crippen LogP contribution in [0.5, 0.6) is 23.0 Å². The van der Waals surface area contributed by atoms with E-state index in [4.69, 9.17) is 9.47 Å². The molecule has 6 aliphatic rings. The van der Waals surface area contributed by atoms with Crippen LogP contribution in [0.1, 0.15) is 50.4 Å². The molecule has 0 saturated heterocycles. The topological polar surface area (TPSA) is 21.7 Å². The van der Waals surface area contributed by atoms with E-state index >= 15 is 0 Å². The standard InChI is InChI=1S/C74H47NO2/c1-2-18-46(19-3-1)48-20-16-21-51(44-48)75(50-39-36-47(37-40-50)49-38-41-57-56-26-8-14-32-63(56)74(66(57)45-49)61-30-12-6-24-54(61)55-25-7-13-31-62(55)74)67-34-17-35-68-71(67)76-69-43-42-65-70(72(69)77-68)58-27-9-15-33-64(58)73(65)59-28-10-4-22-52(59)53-23-5-11-29-60(53)73/h1-45,54,61H. The van der Waals surface area contributed by atoms with E-state index in [2.05, 4.69) is 272 Å². The van der Waals surface area contributed by atoms with Gasteiger partial charge in [-0.05, 0) is 143 Å². The number of anilines is 3. The molecule has 2 spiro atoms. The molecule has 77 heavy (non-hydrogen) atoms.